The zero-order chi connectivity index (χ0) is 17.9. The quantitative estimate of drug-likeness (QED) is 0.805. The average Bonchev–Trinajstić information content (AvgIpc) is 3.03. The zero-order valence-electron chi connectivity index (χ0n) is 15.5. The van der Waals surface area contributed by atoms with Crippen LogP contribution in [0.4, 0.5) is 0 Å². The Balaban J connectivity index is 1.34. The molecule has 26 heavy (non-hydrogen) atoms. The summed E-state index contributed by atoms with van der Waals surface area (Å²) >= 11 is 5.98. The third-order valence-corrected chi connectivity index (χ3v) is 5.69. The van der Waals surface area contributed by atoms with Gasteiger partial charge in [-0.05, 0) is 24.6 Å². The van der Waals surface area contributed by atoms with Crippen molar-refractivity contribution in [3.05, 3.63) is 51.8 Å². The number of piperazine rings is 1. The Hall–Kier alpha value is -1.40. The molecule has 0 N–H and O–H groups in total. The third kappa shape index (κ3) is 3.96. The molecule has 0 aliphatic carbocycles. The first-order valence-electron chi connectivity index (χ1n) is 9.57. The molecule has 0 radical (unpaired) electrons. The standard InChI is InChI=1S/C20H27ClN4O/c1-2-25-20-7-12-26-15-18(20)19(22-25)14-24-10-8-23(9-11-24)13-16-3-5-17(21)6-4-16/h3-6H,2,7-15H2,1H3. The molecule has 0 spiro atoms. The lowest BCUT2D eigenvalue weighted by Crippen LogP contribution is -2.45. The van der Waals surface area contributed by atoms with Crippen LogP contribution in [0, 0.1) is 0 Å². The van der Waals surface area contributed by atoms with Gasteiger partial charge in [0.25, 0.3) is 0 Å². The molecule has 0 amide bonds. The van der Waals surface area contributed by atoms with Crippen molar-refractivity contribution >= 4 is 11.6 Å². The number of aryl methyl sites for hydroxylation is 1. The molecule has 5 nitrogen and oxygen atoms in total. The van der Waals surface area contributed by atoms with Crippen molar-refractivity contribution in [1.82, 2.24) is 19.6 Å². The minimum absolute atomic E-state index is 0.723. The predicted molar refractivity (Wildman–Crippen MR) is 103 cm³/mol. The van der Waals surface area contributed by atoms with Gasteiger partial charge in [0.15, 0.2) is 0 Å². The normalized spacial score (nSPS) is 18.8. The number of benzene rings is 1. The maximum absolute atomic E-state index is 5.98. The molecule has 2 aromatic rings. The highest BCUT2D eigenvalue weighted by Gasteiger charge is 2.24. The third-order valence-electron chi connectivity index (χ3n) is 5.44. The van der Waals surface area contributed by atoms with Crippen LogP contribution >= 0.6 is 11.6 Å². The molecule has 0 unspecified atom stereocenters. The van der Waals surface area contributed by atoms with Crippen LogP contribution in [0.1, 0.15) is 29.4 Å². The summed E-state index contributed by atoms with van der Waals surface area (Å²) in [5, 5.41) is 5.67. The lowest BCUT2D eigenvalue weighted by Gasteiger charge is -2.34. The Kier molecular flexibility index (Phi) is 5.60. The Morgan fingerprint density at radius 1 is 1.04 bits per heavy atom. The van der Waals surface area contributed by atoms with Gasteiger partial charge in [-0.3, -0.25) is 14.5 Å². The van der Waals surface area contributed by atoms with Crippen molar-refractivity contribution < 1.29 is 4.74 Å². The Morgan fingerprint density at radius 2 is 1.73 bits per heavy atom. The van der Waals surface area contributed by atoms with Gasteiger partial charge < -0.3 is 4.74 Å². The van der Waals surface area contributed by atoms with Gasteiger partial charge in [0, 0.05) is 68.5 Å². The summed E-state index contributed by atoms with van der Waals surface area (Å²) in [7, 11) is 0. The fourth-order valence-corrected chi connectivity index (χ4v) is 4.06. The maximum Gasteiger partial charge on any atom is 0.0822 e. The highest BCUT2D eigenvalue weighted by atomic mass is 35.5. The second kappa shape index (κ2) is 8.09. The number of nitrogens with zero attached hydrogens (tertiary/aromatic N) is 4. The van der Waals surface area contributed by atoms with Gasteiger partial charge in [-0.1, -0.05) is 23.7 Å². The van der Waals surface area contributed by atoms with Crippen LogP contribution in [0.5, 0.6) is 0 Å². The first-order valence-corrected chi connectivity index (χ1v) is 9.95. The number of ether oxygens (including phenoxy) is 1. The number of hydrogen-bond donors (Lipinski definition) is 0. The molecule has 1 fully saturated rings. The molecule has 2 aliphatic rings. The van der Waals surface area contributed by atoms with Crippen LogP contribution in [0.2, 0.25) is 5.02 Å². The van der Waals surface area contributed by atoms with Crippen molar-refractivity contribution in [1.29, 1.82) is 0 Å². The van der Waals surface area contributed by atoms with Crippen LogP contribution in [0.15, 0.2) is 24.3 Å². The van der Waals surface area contributed by atoms with E-state index < -0.39 is 0 Å². The topological polar surface area (TPSA) is 33.5 Å². The van der Waals surface area contributed by atoms with E-state index in [1.807, 2.05) is 12.1 Å². The molecule has 2 aliphatic heterocycles. The van der Waals surface area contributed by atoms with Crippen molar-refractivity contribution in [2.24, 2.45) is 0 Å². The molecule has 1 aromatic heterocycles. The molecule has 1 saturated heterocycles. The number of hydrogen-bond acceptors (Lipinski definition) is 4. The largest absolute Gasteiger partial charge is 0.376 e. The van der Waals surface area contributed by atoms with Crippen molar-refractivity contribution in [3.63, 3.8) is 0 Å². The Bertz CT molecular complexity index is 735. The van der Waals surface area contributed by atoms with E-state index in [9.17, 15) is 0 Å². The van der Waals surface area contributed by atoms with E-state index in [1.54, 1.807) is 0 Å². The summed E-state index contributed by atoms with van der Waals surface area (Å²) in [6.07, 6.45) is 0.991. The lowest BCUT2D eigenvalue weighted by molar-refractivity contribution is 0.104. The number of rotatable bonds is 5. The second-order valence-electron chi connectivity index (χ2n) is 7.17. The van der Waals surface area contributed by atoms with E-state index in [1.165, 1.54) is 22.5 Å². The van der Waals surface area contributed by atoms with E-state index in [-0.39, 0.29) is 0 Å². The predicted octanol–water partition coefficient (Wildman–Crippen LogP) is 2.95. The van der Waals surface area contributed by atoms with Gasteiger partial charge in [-0.2, -0.15) is 5.10 Å². The summed E-state index contributed by atoms with van der Waals surface area (Å²) in [6.45, 7) is 10.9. The zero-order valence-corrected chi connectivity index (χ0v) is 16.2. The molecule has 3 heterocycles. The second-order valence-corrected chi connectivity index (χ2v) is 7.61. The van der Waals surface area contributed by atoms with E-state index in [0.29, 0.717) is 0 Å². The fourth-order valence-electron chi connectivity index (χ4n) is 3.93. The Morgan fingerprint density at radius 3 is 2.42 bits per heavy atom. The molecule has 140 valence electrons. The molecular weight excluding hydrogens is 348 g/mol. The van der Waals surface area contributed by atoms with Gasteiger partial charge in [0.2, 0.25) is 0 Å². The molecule has 0 atom stereocenters. The van der Waals surface area contributed by atoms with Crippen LogP contribution in [0.25, 0.3) is 0 Å². The van der Waals surface area contributed by atoms with E-state index >= 15 is 0 Å². The van der Waals surface area contributed by atoms with Crippen LogP contribution < -0.4 is 0 Å². The van der Waals surface area contributed by atoms with E-state index in [0.717, 1.165) is 70.5 Å². The summed E-state index contributed by atoms with van der Waals surface area (Å²) in [5.74, 6) is 0. The van der Waals surface area contributed by atoms with Crippen molar-refractivity contribution in [2.45, 2.75) is 39.6 Å². The molecule has 0 bridgehead atoms. The number of fused-ring (bicyclic) bond motifs is 1. The minimum Gasteiger partial charge on any atom is -0.376 e. The van der Waals surface area contributed by atoms with Crippen LogP contribution in [-0.2, 0) is 37.4 Å². The lowest BCUT2D eigenvalue weighted by atomic mass is 10.1. The Labute approximate surface area is 160 Å². The maximum atomic E-state index is 5.98. The van der Waals surface area contributed by atoms with Crippen molar-refractivity contribution in [2.75, 3.05) is 32.8 Å². The summed E-state index contributed by atoms with van der Waals surface area (Å²) in [4.78, 5) is 5.04. The first-order chi connectivity index (χ1) is 12.7. The van der Waals surface area contributed by atoms with Gasteiger partial charge in [0.05, 0.1) is 18.9 Å². The SMILES string of the molecule is CCn1nc(CN2CCN(Cc3ccc(Cl)cc3)CC2)c2c1CCOC2. The van der Waals surface area contributed by atoms with Gasteiger partial charge >= 0.3 is 0 Å². The van der Waals surface area contributed by atoms with Gasteiger partial charge in [-0.15, -0.1) is 0 Å². The minimum atomic E-state index is 0.723. The molecule has 6 heteroatoms. The molecule has 0 saturated carbocycles. The summed E-state index contributed by atoms with van der Waals surface area (Å²) < 4.78 is 7.86. The highest BCUT2D eigenvalue weighted by Crippen LogP contribution is 2.23. The summed E-state index contributed by atoms with van der Waals surface area (Å²) in [5.41, 5.74) is 5.26. The van der Waals surface area contributed by atoms with Crippen LogP contribution in [-0.4, -0.2) is 52.4 Å². The first kappa shape index (κ1) is 18.0. The number of aromatic nitrogens is 2. The number of halogens is 1. The van der Waals surface area contributed by atoms with Crippen molar-refractivity contribution in [3.8, 4) is 0 Å². The van der Waals surface area contributed by atoms with Crippen LogP contribution in [0.3, 0.4) is 0 Å². The summed E-state index contributed by atoms with van der Waals surface area (Å²) in [6, 6.07) is 8.20. The van der Waals surface area contributed by atoms with Gasteiger partial charge in [-0.25, -0.2) is 0 Å². The fraction of sp³-hybridized carbons (Fsp3) is 0.550. The average molecular weight is 375 g/mol. The highest BCUT2D eigenvalue weighted by molar-refractivity contribution is 6.30. The molecule has 1 aromatic carbocycles. The molecular formula is C20H27ClN4O. The van der Waals surface area contributed by atoms with Gasteiger partial charge in [0.1, 0.15) is 0 Å². The smallest absolute Gasteiger partial charge is 0.0822 e. The molecule has 4 rings (SSSR count). The van der Waals surface area contributed by atoms with E-state index in [4.69, 9.17) is 21.4 Å². The van der Waals surface area contributed by atoms with E-state index in [2.05, 4.69) is 33.5 Å². The monoisotopic (exact) mass is 374 g/mol.